The maximum atomic E-state index is 13.2. The molecule has 1 saturated carbocycles. The maximum Gasteiger partial charge on any atom is 0.150 e. The van der Waals surface area contributed by atoms with E-state index in [9.17, 15) is 12.8 Å². The average Bonchev–Trinajstić information content (AvgIpc) is 2.97. The van der Waals surface area contributed by atoms with E-state index in [-0.39, 0.29) is 5.92 Å². The Balaban J connectivity index is 2.54. The van der Waals surface area contributed by atoms with Crippen LogP contribution in [0.4, 0.5) is 4.39 Å². The lowest BCUT2D eigenvalue weighted by Crippen LogP contribution is -2.18. The quantitative estimate of drug-likeness (QED) is 0.776. The second-order valence-corrected chi connectivity index (χ2v) is 5.59. The molecule has 2 N–H and O–H groups in total. The van der Waals surface area contributed by atoms with Crippen molar-refractivity contribution in [2.75, 3.05) is 6.54 Å². The molecule has 1 fully saturated rings. The SMILES string of the molecule is Cc1ccc(F)cc1C1([SH](=O)=O)CC1CN. The predicted molar refractivity (Wildman–Crippen MR) is 60.3 cm³/mol. The number of aryl methyl sites for hydroxylation is 1. The van der Waals surface area contributed by atoms with E-state index in [4.69, 9.17) is 5.73 Å². The zero-order chi connectivity index (χ0) is 11.9. The summed E-state index contributed by atoms with van der Waals surface area (Å²) in [5.41, 5.74) is 6.88. The van der Waals surface area contributed by atoms with Gasteiger partial charge in [-0.25, -0.2) is 12.8 Å². The molecule has 2 unspecified atom stereocenters. The van der Waals surface area contributed by atoms with Crippen molar-refractivity contribution in [2.24, 2.45) is 11.7 Å². The fraction of sp³-hybridized carbons (Fsp3) is 0.455. The van der Waals surface area contributed by atoms with Gasteiger partial charge < -0.3 is 5.73 Å². The number of hydrogen-bond donors (Lipinski definition) is 2. The fourth-order valence-electron chi connectivity index (χ4n) is 2.31. The molecule has 0 saturated heterocycles. The molecule has 0 amide bonds. The summed E-state index contributed by atoms with van der Waals surface area (Å²) in [5.74, 6) is -0.478. The molecule has 1 aliphatic rings. The Morgan fingerprint density at radius 1 is 1.56 bits per heavy atom. The van der Waals surface area contributed by atoms with Gasteiger partial charge >= 0.3 is 0 Å². The van der Waals surface area contributed by atoms with Crippen LogP contribution in [0.5, 0.6) is 0 Å². The minimum atomic E-state index is -2.63. The Morgan fingerprint density at radius 3 is 2.75 bits per heavy atom. The second kappa shape index (κ2) is 3.82. The Bertz CT molecular complexity index is 493. The second-order valence-electron chi connectivity index (χ2n) is 4.28. The summed E-state index contributed by atoms with van der Waals surface area (Å²) in [5, 5.41) is 0. The lowest BCUT2D eigenvalue weighted by Gasteiger charge is -2.13. The van der Waals surface area contributed by atoms with Crippen molar-refractivity contribution in [2.45, 2.75) is 18.1 Å². The van der Waals surface area contributed by atoms with Gasteiger partial charge in [0.05, 0.1) is 4.75 Å². The van der Waals surface area contributed by atoms with Crippen molar-refractivity contribution in [3.63, 3.8) is 0 Å². The highest BCUT2D eigenvalue weighted by atomic mass is 32.2. The van der Waals surface area contributed by atoms with E-state index in [0.29, 0.717) is 18.5 Å². The van der Waals surface area contributed by atoms with Crippen LogP contribution in [0.25, 0.3) is 0 Å². The summed E-state index contributed by atoms with van der Waals surface area (Å²) in [6.07, 6.45) is 0.506. The molecule has 0 heterocycles. The highest BCUT2D eigenvalue weighted by Gasteiger charge is 2.58. The van der Waals surface area contributed by atoms with Crippen LogP contribution in [0.1, 0.15) is 17.5 Å². The molecular formula is C11H14FNO2S. The minimum absolute atomic E-state index is 0.0749. The third-order valence-electron chi connectivity index (χ3n) is 3.35. The first-order valence-electron chi connectivity index (χ1n) is 5.13. The number of nitrogens with two attached hydrogens (primary N) is 1. The standard InChI is InChI=1S/C11H14FNO2S/c1-7-2-3-9(12)4-10(7)11(16(14)15)5-8(11)6-13/h2-4,8,16H,5-6,13H2,1H3. The van der Waals surface area contributed by atoms with Gasteiger partial charge in [-0.15, -0.1) is 0 Å². The molecule has 0 radical (unpaired) electrons. The number of rotatable bonds is 3. The van der Waals surface area contributed by atoms with Gasteiger partial charge in [-0.3, -0.25) is 0 Å². The summed E-state index contributed by atoms with van der Waals surface area (Å²) in [4.78, 5) is 0. The molecule has 1 aliphatic carbocycles. The average molecular weight is 243 g/mol. The van der Waals surface area contributed by atoms with Crippen LogP contribution in [0.3, 0.4) is 0 Å². The zero-order valence-corrected chi connectivity index (χ0v) is 9.84. The van der Waals surface area contributed by atoms with Crippen molar-refractivity contribution in [1.29, 1.82) is 0 Å². The first kappa shape index (κ1) is 11.5. The molecule has 0 aliphatic heterocycles. The molecule has 0 aromatic heterocycles. The Labute approximate surface area is 95.4 Å². The smallest absolute Gasteiger partial charge is 0.150 e. The van der Waals surface area contributed by atoms with Gasteiger partial charge in [0.25, 0.3) is 0 Å². The first-order valence-corrected chi connectivity index (χ1v) is 6.31. The van der Waals surface area contributed by atoms with Gasteiger partial charge in [-0.05, 0) is 49.1 Å². The molecule has 0 bridgehead atoms. The lowest BCUT2D eigenvalue weighted by molar-refractivity contribution is 0.588. The molecule has 16 heavy (non-hydrogen) atoms. The predicted octanol–water partition coefficient (Wildman–Crippen LogP) is 0.919. The third kappa shape index (κ3) is 1.55. The van der Waals surface area contributed by atoms with E-state index in [0.717, 1.165) is 5.56 Å². The topological polar surface area (TPSA) is 60.2 Å². The summed E-state index contributed by atoms with van der Waals surface area (Å²) < 4.78 is 35.0. The van der Waals surface area contributed by atoms with Gasteiger partial charge in [0.1, 0.15) is 16.5 Å². The highest BCUT2D eigenvalue weighted by Crippen LogP contribution is 2.55. The first-order chi connectivity index (χ1) is 7.52. The summed E-state index contributed by atoms with van der Waals surface area (Å²) in [6.45, 7) is 2.11. The van der Waals surface area contributed by atoms with Crippen molar-refractivity contribution >= 4 is 10.7 Å². The van der Waals surface area contributed by atoms with Crippen molar-refractivity contribution in [3.05, 3.63) is 35.1 Å². The zero-order valence-electron chi connectivity index (χ0n) is 8.94. The van der Waals surface area contributed by atoms with Crippen LogP contribution >= 0.6 is 0 Å². The van der Waals surface area contributed by atoms with E-state index >= 15 is 0 Å². The molecule has 1 aromatic carbocycles. The molecule has 2 rings (SSSR count). The van der Waals surface area contributed by atoms with E-state index in [1.807, 2.05) is 0 Å². The van der Waals surface area contributed by atoms with Crippen molar-refractivity contribution < 1.29 is 12.8 Å². The summed E-state index contributed by atoms with van der Waals surface area (Å²) >= 11 is 0. The summed E-state index contributed by atoms with van der Waals surface area (Å²) in [7, 11) is -2.63. The minimum Gasteiger partial charge on any atom is -0.330 e. The van der Waals surface area contributed by atoms with Gasteiger partial charge in [-0.1, -0.05) is 6.07 Å². The van der Waals surface area contributed by atoms with E-state index in [1.165, 1.54) is 12.1 Å². The van der Waals surface area contributed by atoms with Gasteiger partial charge in [-0.2, -0.15) is 0 Å². The molecule has 1 aromatic rings. The van der Waals surface area contributed by atoms with Crippen LogP contribution in [-0.4, -0.2) is 15.0 Å². The Morgan fingerprint density at radius 2 is 2.25 bits per heavy atom. The van der Waals surface area contributed by atoms with Gasteiger partial charge in [0, 0.05) is 0 Å². The monoisotopic (exact) mass is 243 g/mol. The fourth-order valence-corrected chi connectivity index (χ4v) is 3.52. The van der Waals surface area contributed by atoms with Crippen LogP contribution in [0.2, 0.25) is 0 Å². The van der Waals surface area contributed by atoms with E-state index < -0.39 is 21.3 Å². The van der Waals surface area contributed by atoms with Crippen LogP contribution in [0.15, 0.2) is 18.2 Å². The molecule has 5 heteroatoms. The number of benzene rings is 1. The lowest BCUT2D eigenvalue weighted by atomic mass is 10.0. The van der Waals surface area contributed by atoms with Crippen LogP contribution in [0, 0.1) is 18.7 Å². The largest absolute Gasteiger partial charge is 0.330 e. The number of hydrogen-bond acceptors (Lipinski definition) is 3. The Kier molecular flexibility index (Phi) is 2.75. The van der Waals surface area contributed by atoms with Crippen molar-refractivity contribution in [3.8, 4) is 0 Å². The molecule has 2 atom stereocenters. The third-order valence-corrected chi connectivity index (χ3v) is 4.79. The Hall–Kier alpha value is -0.940. The molecule has 3 nitrogen and oxygen atoms in total. The van der Waals surface area contributed by atoms with Gasteiger partial charge in [0.15, 0.2) is 0 Å². The highest BCUT2D eigenvalue weighted by molar-refractivity contribution is 7.74. The molecule has 0 spiro atoms. The molecule has 88 valence electrons. The van der Waals surface area contributed by atoms with Crippen LogP contribution in [-0.2, 0) is 15.5 Å². The van der Waals surface area contributed by atoms with E-state index in [2.05, 4.69) is 0 Å². The van der Waals surface area contributed by atoms with Gasteiger partial charge in [0.2, 0.25) is 0 Å². The summed E-state index contributed by atoms with van der Waals surface area (Å²) in [6, 6.07) is 4.26. The van der Waals surface area contributed by atoms with Crippen molar-refractivity contribution in [1.82, 2.24) is 0 Å². The normalized spacial score (nSPS) is 28.4. The number of halogens is 1. The van der Waals surface area contributed by atoms with E-state index in [1.54, 1.807) is 13.0 Å². The number of thiol groups is 1. The van der Waals surface area contributed by atoms with Crippen LogP contribution < -0.4 is 5.73 Å². The maximum absolute atomic E-state index is 13.2. The molecular weight excluding hydrogens is 229 g/mol.